The molecule has 0 radical (unpaired) electrons. The minimum atomic E-state index is -0.989. The monoisotopic (exact) mass is 343 g/mol. The van der Waals surface area contributed by atoms with Gasteiger partial charge in [0, 0.05) is 17.0 Å². The summed E-state index contributed by atoms with van der Waals surface area (Å²) in [7, 11) is 0. The Morgan fingerprint density at radius 3 is 2.46 bits per heavy atom. The molecule has 5 heteroatoms. The number of amides is 1. The van der Waals surface area contributed by atoms with E-state index >= 15 is 0 Å². The molecule has 0 aromatic heterocycles. The standard InChI is InChI=1S/C19H18ClNO3/c20-16-6-4-15(5-7-16)19(8-9-19)12-21-17(22)11-13-2-1-3-14(10-13)18(23)24/h1-7,10H,8-9,11-12H2,(H,21,22)(H,23,24). The average Bonchev–Trinajstić information content (AvgIpc) is 3.35. The predicted octanol–water partition coefficient (Wildman–Crippen LogP) is 3.43. The summed E-state index contributed by atoms with van der Waals surface area (Å²) in [5.41, 5.74) is 2.10. The Bertz CT molecular complexity index is 766. The summed E-state index contributed by atoms with van der Waals surface area (Å²) in [6, 6.07) is 14.2. The smallest absolute Gasteiger partial charge is 0.335 e. The van der Waals surface area contributed by atoms with E-state index in [4.69, 9.17) is 16.7 Å². The summed E-state index contributed by atoms with van der Waals surface area (Å²) in [5.74, 6) is -1.09. The van der Waals surface area contributed by atoms with E-state index in [0.29, 0.717) is 17.1 Å². The van der Waals surface area contributed by atoms with Gasteiger partial charge in [0.2, 0.25) is 5.91 Å². The predicted molar refractivity (Wildman–Crippen MR) is 92.5 cm³/mol. The molecule has 0 atom stereocenters. The van der Waals surface area contributed by atoms with Crippen molar-refractivity contribution in [3.8, 4) is 0 Å². The third kappa shape index (κ3) is 3.77. The van der Waals surface area contributed by atoms with Crippen molar-refractivity contribution in [2.75, 3.05) is 6.54 Å². The van der Waals surface area contributed by atoms with Gasteiger partial charge < -0.3 is 10.4 Å². The van der Waals surface area contributed by atoms with Crippen LogP contribution < -0.4 is 5.32 Å². The molecule has 1 amide bonds. The second-order valence-electron chi connectivity index (χ2n) is 6.25. The van der Waals surface area contributed by atoms with Crippen LogP contribution in [0.2, 0.25) is 5.02 Å². The summed E-state index contributed by atoms with van der Waals surface area (Å²) in [5, 5.41) is 12.7. The number of carboxylic acid groups (broad SMARTS) is 1. The maximum Gasteiger partial charge on any atom is 0.335 e. The highest BCUT2D eigenvalue weighted by molar-refractivity contribution is 6.30. The van der Waals surface area contributed by atoms with Crippen molar-refractivity contribution in [3.05, 3.63) is 70.2 Å². The van der Waals surface area contributed by atoms with Crippen LogP contribution in [0.5, 0.6) is 0 Å². The van der Waals surface area contributed by atoms with Crippen molar-refractivity contribution in [1.29, 1.82) is 0 Å². The molecule has 2 aromatic rings. The van der Waals surface area contributed by atoms with E-state index in [1.54, 1.807) is 12.1 Å². The molecule has 0 heterocycles. The number of hydrogen-bond acceptors (Lipinski definition) is 2. The Labute approximate surface area is 145 Å². The number of carbonyl (C=O) groups excluding carboxylic acids is 1. The number of benzene rings is 2. The van der Waals surface area contributed by atoms with Crippen LogP contribution in [0.15, 0.2) is 48.5 Å². The molecule has 0 aliphatic heterocycles. The van der Waals surface area contributed by atoms with Gasteiger partial charge in [0.25, 0.3) is 0 Å². The molecule has 2 aromatic carbocycles. The number of carboxylic acids is 1. The molecule has 4 nitrogen and oxygen atoms in total. The van der Waals surface area contributed by atoms with Crippen LogP contribution in [0, 0.1) is 0 Å². The fourth-order valence-electron chi connectivity index (χ4n) is 2.85. The molecular formula is C19H18ClNO3. The van der Waals surface area contributed by atoms with Crippen LogP contribution in [-0.4, -0.2) is 23.5 Å². The fraction of sp³-hybridized carbons (Fsp3) is 0.263. The molecule has 3 rings (SSSR count). The molecule has 1 fully saturated rings. The van der Waals surface area contributed by atoms with E-state index in [9.17, 15) is 9.59 Å². The molecule has 124 valence electrons. The van der Waals surface area contributed by atoms with E-state index in [1.165, 1.54) is 17.7 Å². The molecule has 0 unspecified atom stereocenters. The third-order valence-corrected chi connectivity index (χ3v) is 4.72. The number of nitrogens with one attached hydrogen (secondary N) is 1. The minimum absolute atomic E-state index is 0.0170. The van der Waals surface area contributed by atoms with Crippen LogP contribution in [0.4, 0.5) is 0 Å². The zero-order chi connectivity index (χ0) is 17.2. The zero-order valence-corrected chi connectivity index (χ0v) is 13.8. The van der Waals surface area contributed by atoms with Crippen molar-refractivity contribution < 1.29 is 14.7 Å². The molecule has 0 spiro atoms. The highest BCUT2D eigenvalue weighted by atomic mass is 35.5. The number of carbonyl (C=O) groups is 2. The van der Waals surface area contributed by atoms with Crippen molar-refractivity contribution >= 4 is 23.5 Å². The maximum atomic E-state index is 12.2. The number of hydrogen-bond donors (Lipinski definition) is 2. The first kappa shape index (κ1) is 16.5. The van der Waals surface area contributed by atoms with Crippen LogP contribution in [0.3, 0.4) is 0 Å². The molecule has 1 aliphatic carbocycles. The Hall–Kier alpha value is -2.33. The van der Waals surface area contributed by atoms with Crippen molar-refractivity contribution in [3.63, 3.8) is 0 Å². The van der Waals surface area contributed by atoms with Crippen LogP contribution >= 0.6 is 11.6 Å². The van der Waals surface area contributed by atoms with Crippen molar-refractivity contribution in [2.45, 2.75) is 24.7 Å². The van der Waals surface area contributed by atoms with E-state index in [1.807, 2.05) is 24.3 Å². The highest BCUT2D eigenvalue weighted by Gasteiger charge is 2.44. The molecule has 0 bridgehead atoms. The Morgan fingerprint density at radius 1 is 1.12 bits per heavy atom. The SMILES string of the molecule is O=C(Cc1cccc(C(=O)O)c1)NCC1(c2ccc(Cl)cc2)CC1. The minimum Gasteiger partial charge on any atom is -0.478 e. The van der Waals surface area contributed by atoms with Gasteiger partial charge in [-0.2, -0.15) is 0 Å². The van der Waals surface area contributed by atoms with Gasteiger partial charge in [-0.1, -0.05) is 35.9 Å². The Balaban J connectivity index is 1.59. The summed E-state index contributed by atoms with van der Waals surface area (Å²) in [6.45, 7) is 0.589. The highest BCUT2D eigenvalue weighted by Crippen LogP contribution is 2.47. The van der Waals surface area contributed by atoms with Gasteiger partial charge >= 0.3 is 5.97 Å². The van der Waals surface area contributed by atoms with E-state index in [0.717, 1.165) is 12.8 Å². The molecule has 24 heavy (non-hydrogen) atoms. The fourth-order valence-corrected chi connectivity index (χ4v) is 2.98. The second kappa shape index (κ2) is 6.65. The first-order valence-electron chi connectivity index (χ1n) is 7.83. The Kier molecular flexibility index (Phi) is 4.58. The van der Waals surface area contributed by atoms with Gasteiger partial charge in [-0.05, 0) is 48.2 Å². The summed E-state index contributed by atoms with van der Waals surface area (Å²) in [4.78, 5) is 23.1. The molecule has 0 saturated heterocycles. The molecule has 2 N–H and O–H groups in total. The lowest BCUT2D eigenvalue weighted by molar-refractivity contribution is -0.120. The topological polar surface area (TPSA) is 66.4 Å². The normalized spacial score (nSPS) is 14.9. The lowest BCUT2D eigenvalue weighted by Crippen LogP contribution is -2.33. The van der Waals surface area contributed by atoms with E-state index in [-0.39, 0.29) is 23.3 Å². The average molecular weight is 344 g/mol. The maximum absolute atomic E-state index is 12.2. The van der Waals surface area contributed by atoms with Crippen LogP contribution in [-0.2, 0) is 16.6 Å². The quantitative estimate of drug-likeness (QED) is 0.844. The first-order chi connectivity index (χ1) is 11.5. The summed E-state index contributed by atoms with van der Waals surface area (Å²) < 4.78 is 0. The van der Waals surface area contributed by atoms with Crippen molar-refractivity contribution in [1.82, 2.24) is 5.32 Å². The zero-order valence-electron chi connectivity index (χ0n) is 13.1. The van der Waals surface area contributed by atoms with Gasteiger partial charge in [0.15, 0.2) is 0 Å². The molecular weight excluding hydrogens is 326 g/mol. The van der Waals surface area contributed by atoms with E-state index in [2.05, 4.69) is 5.32 Å². The number of rotatable bonds is 6. The van der Waals surface area contributed by atoms with Gasteiger partial charge in [0.05, 0.1) is 12.0 Å². The van der Waals surface area contributed by atoms with Gasteiger partial charge in [-0.15, -0.1) is 0 Å². The summed E-state index contributed by atoms with van der Waals surface area (Å²) in [6.07, 6.45) is 2.27. The van der Waals surface area contributed by atoms with E-state index < -0.39 is 5.97 Å². The lowest BCUT2D eigenvalue weighted by Gasteiger charge is -2.17. The Morgan fingerprint density at radius 2 is 1.83 bits per heavy atom. The van der Waals surface area contributed by atoms with Gasteiger partial charge in [0.1, 0.15) is 0 Å². The van der Waals surface area contributed by atoms with Gasteiger partial charge in [-0.25, -0.2) is 4.79 Å². The third-order valence-electron chi connectivity index (χ3n) is 4.47. The van der Waals surface area contributed by atoms with Crippen LogP contribution in [0.25, 0.3) is 0 Å². The largest absolute Gasteiger partial charge is 0.478 e. The van der Waals surface area contributed by atoms with Gasteiger partial charge in [-0.3, -0.25) is 4.79 Å². The van der Waals surface area contributed by atoms with Crippen LogP contribution in [0.1, 0.15) is 34.3 Å². The second-order valence-corrected chi connectivity index (χ2v) is 6.68. The lowest BCUT2D eigenvalue weighted by atomic mass is 9.96. The number of aromatic carboxylic acids is 1. The first-order valence-corrected chi connectivity index (χ1v) is 8.21. The summed E-state index contributed by atoms with van der Waals surface area (Å²) >= 11 is 5.92. The van der Waals surface area contributed by atoms with Crippen molar-refractivity contribution in [2.24, 2.45) is 0 Å². The molecule has 1 saturated carbocycles. The number of halogens is 1. The molecule has 1 aliphatic rings.